The second kappa shape index (κ2) is 7.25. The largest absolute Gasteiger partial charge is 0.345 e. The molecule has 0 aliphatic carbocycles. The molecule has 0 saturated heterocycles. The van der Waals surface area contributed by atoms with Crippen LogP contribution in [0, 0.1) is 16.0 Å². The molecule has 1 unspecified atom stereocenters. The number of nitro benzene ring substituents is 1. The average molecular weight is 358 g/mol. The van der Waals surface area contributed by atoms with E-state index in [4.69, 9.17) is 5.73 Å². The Bertz CT molecular complexity index is 732. The van der Waals surface area contributed by atoms with E-state index in [1.807, 2.05) is 20.8 Å². The highest BCUT2D eigenvalue weighted by atomic mass is 35.5. The molecule has 8 heteroatoms. The van der Waals surface area contributed by atoms with Crippen LogP contribution in [0.5, 0.6) is 0 Å². The zero-order chi connectivity index (χ0) is 16.5. The summed E-state index contributed by atoms with van der Waals surface area (Å²) in [4.78, 5) is 23.3. The van der Waals surface area contributed by atoms with E-state index in [0.29, 0.717) is 16.8 Å². The molecule has 0 bridgehead atoms. The number of amides is 1. The first-order valence-corrected chi connectivity index (χ1v) is 7.79. The van der Waals surface area contributed by atoms with E-state index < -0.39 is 10.5 Å². The van der Waals surface area contributed by atoms with Crippen molar-refractivity contribution in [2.75, 3.05) is 6.54 Å². The summed E-state index contributed by atoms with van der Waals surface area (Å²) in [7, 11) is 0. The summed E-state index contributed by atoms with van der Waals surface area (Å²) in [5.74, 6) is -0.0116. The number of carbonyl (C=O) groups is 1. The fourth-order valence-corrected chi connectivity index (χ4v) is 2.95. The van der Waals surface area contributed by atoms with Gasteiger partial charge < -0.3 is 11.1 Å². The van der Waals surface area contributed by atoms with Crippen molar-refractivity contribution in [1.82, 2.24) is 5.32 Å². The van der Waals surface area contributed by atoms with Gasteiger partial charge in [0, 0.05) is 28.8 Å². The number of hydrogen-bond donors (Lipinski definition) is 2. The number of hydrogen-bond acceptors (Lipinski definition) is 5. The number of nitro groups is 1. The third kappa shape index (κ3) is 3.99. The first-order valence-electron chi connectivity index (χ1n) is 6.97. The first-order chi connectivity index (χ1) is 10.3. The minimum Gasteiger partial charge on any atom is -0.345 e. The number of nitrogens with zero attached hydrogens (tertiary/aromatic N) is 1. The van der Waals surface area contributed by atoms with Gasteiger partial charge in [-0.15, -0.1) is 23.7 Å². The predicted molar refractivity (Wildman–Crippen MR) is 95.5 cm³/mol. The summed E-state index contributed by atoms with van der Waals surface area (Å²) >= 11 is 1.31. The van der Waals surface area contributed by atoms with Crippen LogP contribution in [-0.4, -0.2) is 22.9 Å². The Morgan fingerprint density at radius 1 is 1.43 bits per heavy atom. The number of carbonyl (C=O) groups excluding carboxylic acids is 1. The van der Waals surface area contributed by atoms with Crippen LogP contribution in [0.3, 0.4) is 0 Å². The smallest absolute Gasteiger partial charge is 0.270 e. The third-order valence-electron chi connectivity index (χ3n) is 4.03. The SMILES string of the molecule is CC(C)C(C)(CN)NC(=O)c1cc2cc([N+](=O)[O-])ccc2s1.Cl. The highest BCUT2D eigenvalue weighted by molar-refractivity contribution is 7.20. The van der Waals surface area contributed by atoms with Crippen LogP contribution in [0.1, 0.15) is 30.4 Å². The molecule has 1 aromatic heterocycles. The Hall–Kier alpha value is -1.70. The third-order valence-corrected chi connectivity index (χ3v) is 5.15. The molecule has 0 fully saturated rings. The van der Waals surface area contributed by atoms with Crippen molar-refractivity contribution in [1.29, 1.82) is 0 Å². The van der Waals surface area contributed by atoms with Gasteiger partial charge in [0.2, 0.25) is 0 Å². The van der Waals surface area contributed by atoms with Gasteiger partial charge in [0.1, 0.15) is 0 Å². The van der Waals surface area contributed by atoms with Crippen molar-refractivity contribution in [2.24, 2.45) is 11.7 Å². The highest BCUT2D eigenvalue weighted by Gasteiger charge is 2.29. The molecule has 0 saturated carbocycles. The Labute approximate surface area is 144 Å². The number of nitrogens with two attached hydrogens (primary N) is 1. The minimum absolute atomic E-state index is 0. The normalized spacial score (nSPS) is 13.4. The Kier molecular flexibility index (Phi) is 6.10. The number of halogens is 1. The number of nitrogens with one attached hydrogen (secondary N) is 1. The molecular weight excluding hydrogens is 338 g/mol. The maximum Gasteiger partial charge on any atom is 0.270 e. The molecule has 6 nitrogen and oxygen atoms in total. The second-order valence-electron chi connectivity index (χ2n) is 5.82. The molecule has 2 rings (SSSR count). The fraction of sp³-hybridized carbons (Fsp3) is 0.400. The van der Waals surface area contributed by atoms with E-state index >= 15 is 0 Å². The van der Waals surface area contributed by atoms with Crippen molar-refractivity contribution in [3.05, 3.63) is 39.3 Å². The molecule has 0 aliphatic rings. The topological polar surface area (TPSA) is 98.3 Å². The number of fused-ring (bicyclic) bond motifs is 1. The van der Waals surface area contributed by atoms with Gasteiger partial charge in [-0.25, -0.2) is 0 Å². The molecule has 126 valence electrons. The van der Waals surface area contributed by atoms with Crippen LogP contribution in [-0.2, 0) is 0 Å². The summed E-state index contributed by atoms with van der Waals surface area (Å²) in [6.07, 6.45) is 0. The summed E-state index contributed by atoms with van der Waals surface area (Å²) in [6, 6.07) is 6.27. The number of non-ortho nitro benzene ring substituents is 1. The zero-order valence-electron chi connectivity index (χ0n) is 13.2. The molecule has 1 atom stereocenters. The monoisotopic (exact) mass is 357 g/mol. The van der Waals surface area contributed by atoms with Crippen LogP contribution in [0.2, 0.25) is 0 Å². The van der Waals surface area contributed by atoms with Crippen molar-refractivity contribution in [3.8, 4) is 0 Å². The zero-order valence-corrected chi connectivity index (χ0v) is 14.8. The van der Waals surface area contributed by atoms with E-state index in [2.05, 4.69) is 5.32 Å². The molecule has 1 aromatic carbocycles. The van der Waals surface area contributed by atoms with E-state index in [9.17, 15) is 14.9 Å². The quantitative estimate of drug-likeness (QED) is 0.633. The molecular formula is C15H20ClN3O3S. The van der Waals surface area contributed by atoms with E-state index in [-0.39, 0.29) is 29.9 Å². The predicted octanol–water partition coefficient (Wildman–Crippen LogP) is 3.33. The van der Waals surface area contributed by atoms with Crippen molar-refractivity contribution in [3.63, 3.8) is 0 Å². The van der Waals surface area contributed by atoms with Gasteiger partial charge in [0.05, 0.1) is 15.3 Å². The summed E-state index contributed by atoms with van der Waals surface area (Å²) in [5.41, 5.74) is 5.31. The lowest BCUT2D eigenvalue weighted by Crippen LogP contribution is -2.54. The second-order valence-corrected chi connectivity index (χ2v) is 6.90. The number of rotatable bonds is 5. The van der Waals surface area contributed by atoms with E-state index in [0.717, 1.165) is 4.70 Å². The van der Waals surface area contributed by atoms with Crippen molar-refractivity contribution < 1.29 is 9.72 Å². The Balaban J connectivity index is 0.00000264. The number of thiophene rings is 1. The first kappa shape index (κ1) is 19.3. The van der Waals surface area contributed by atoms with Crippen LogP contribution < -0.4 is 11.1 Å². The highest BCUT2D eigenvalue weighted by Crippen LogP contribution is 2.29. The molecule has 0 aliphatic heterocycles. The van der Waals surface area contributed by atoms with Crippen LogP contribution >= 0.6 is 23.7 Å². The van der Waals surface area contributed by atoms with Gasteiger partial charge in [-0.05, 0) is 25.0 Å². The molecule has 23 heavy (non-hydrogen) atoms. The minimum atomic E-state index is -0.487. The van der Waals surface area contributed by atoms with E-state index in [1.165, 1.54) is 23.5 Å². The van der Waals surface area contributed by atoms with Crippen LogP contribution in [0.15, 0.2) is 24.3 Å². The molecule has 3 N–H and O–H groups in total. The molecule has 2 aromatic rings. The lowest BCUT2D eigenvalue weighted by molar-refractivity contribution is -0.384. The van der Waals surface area contributed by atoms with Crippen molar-refractivity contribution >= 4 is 45.4 Å². The average Bonchev–Trinajstić information content (AvgIpc) is 2.89. The lowest BCUT2D eigenvalue weighted by Gasteiger charge is -2.33. The van der Waals surface area contributed by atoms with E-state index in [1.54, 1.807) is 12.1 Å². The fourth-order valence-electron chi connectivity index (χ4n) is 2.01. The summed E-state index contributed by atoms with van der Waals surface area (Å²) in [5, 5.41) is 14.5. The maximum absolute atomic E-state index is 12.4. The lowest BCUT2D eigenvalue weighted by atomic mass is 9.88. The summed E-state index contributed by atoms with van der Waals surface area (Å²) < 4.78 is 0.842. The van der Waals surface area contributed by atoms with Gasteiger partial charge in [0.25, 0.3) is 11.6 Å². The Morgan fingerprint density at radius 3 is 2.61 bits per heavy atom. The standard InChI is InChI=1S/C15H19N3O3S.ClH/c1-9(2)15(3,8-16)17-14(19)13-7-10-6-11(18(20)21)4-5-12(10)22-13;/h4-7,9H,8,16H2,1-3H3,(H,17,19);1H. The van der Waals surface area contributed by atoms with Crippen LogP contribution in [0.25, 0.3) is 10.1 Å². The van der Waals surface area contributed by atoms with Gasteiger partial charge in [-0.3, -0.25) is 14.9 Å². The molecule has 1 heterocycles. The molecule has 0 spiro atoms. The summed E-state index contributed by atoms with van der Waals surface area (Å²) in [6.45, 7) is 6.25. The van der Waals surface area contributed by atoms with Gasteiger partial charge >= 0.3 is 0 Å². The van der Waals surface area contributed by atoms with Gasteiger partial charge in [-0.1, -0.05) is 13.8 Å². The van der Waals surface area contributed by atoms with Gasteiger partial charge in [-0.2, -0.15) is 0 Å². The van der Waals surface area contributed by atoms with Crippen LogP contribution in [0.4, 0.5) is 5.69 Å². The Morgan fingerprint density at radius 2 is 2.09 bits per heavy atom. The maximum atomic E-state index is 12.4. The number of benzene rings is 1. The molecule has 1 amide bonds. The van der Waals surface area contributed by atoms with Gasteiger partial charge in [0.15, 0.2) is 0 Å². The van der Waals surface area contributed by atoms with Crippen molar-refractivity contribution in [2.45, 2.75) is 26.3 Å². The molecule has 0 radical (unpaired) electrons.